The average Bonchev–Trinajstić information content (AvgIpc) is 1.98. The highest BCUT2D eigenvalue weighted by Gasteiger charge is 2.13. The zero-order valence-electron chi connectivity index (χ0n) is 7.55. The number of hydrogen-bond donors (Lipinski definition) is 2. The summed E-state index contributed by atoms with van der Waals surface area (Å²) in [5, 5.41) is 2.82. The lowest BCUT2D eigenvalue weighted by Gasteiger charge is -2.21. The van der Waals surface area contributed by atoms with Crippen molar-refractivity contribution in [3.63, 3.8) is 0 Å². The Kier molecular flexibility index (Phi) is 4.86. The van der Waals surface area contributed by atoms with Crippen molar-refractivity contribution in [1.29, 1.82) is 0 Å². The van der Waals surface area contributed by atoms with E-state index in [-0.39, 0.29) is 18.0 Å². The molecule has 0 aliphatic heterocycles. The number of hydrogen-bond acceptors (Lipinski definition) is 2. The maximum absolute atomic E-state index is 10.7. The van der Waals surface area contributed by atoms with Gasteiger partial charge in [-0.2, -0.15) is 0 Å². The Balaban J connectivity index is 3.84. The summed E-state index contributed by atoms with van der Waals surface area (Å²) in [6.45, 7) is 5.57. The minimum absolute atomic E-state index is 0.000694. The maximum atomic E-state index is 10.7. The number of carbonyl (C=O) groups is 1. The minimum atomic E-state index is 0.000694. The van der Waals surface area contributed by atoms with E-state index < -0.39 is 0 Å². The summed E-state index contributed by atoms with van der Waals surface area (Å²) in [6, 6.07) is 0.224. The number of carbonyl (C=O) groups excluding carboxylic acids is 1. The number of nitrogens with one attached hydrogen (secondary N) is 1. The quantitative estimate of drug-likeness (QED) is 0.630. The fraction of sp³-hybridized carbons (Fsp3) is 0.875. The largest absolute Gasteiger partial charge is 0.352 e. The van der Waals surface area contributed by atoms with E-state index in [1.165, 1.54) is 6.92 Å². The minimum Gasteiger partial charge on any atom is -0.352 e. The molecule has 0 radical (unpaired) electrons. The Morgan fingerprint density at radius 1 is 1.45 bits per heavy atom. The van der Waals surface area contributed by atoms with Crippen LogP contribution in [-0.4, -0.2) is 18.0 Å². The molecule has 0 rings (SSSR count). The summed E-state index contributed by atoms with van der Waals surface area (Å²) < 4.78 is 0. The van der Waals surface area contributed by atoms with Gasteiger partial charge in [0.1, 0.15) is 0 Å². The van der Waals surface area contributed by atoms with Crippen LogP contribution in [0.15, 0.2) is 0 Å². The second-order valence-electron chi connectivity index (χ2n) is 2.79. The van der Waals surface area contributed by atoms with Crippen molar-refractivity contribution >= 4 is 5.91 Å². The van der Waals surface area contributed by atoms with E-state index in [2.05, 4.69) is 5.32 Å². The first kappa shape index (κ1) is 10.4. The van der Waals surface area contributed by atoms with Gasteiger partial charge >= 0.3 is 0 Å². The second kappa shape index (κ2) is 5.13. The molecule has 3 heteroatoms. The summed E-state index contributed by atoms with van der Waals surface area (Å²) in [7, 11) is 0. The average molecular weight is 158 g/mol. The van der Waals surface area contributed by atoms with E-state index in [0.717, 1.165) is 12.8 Å². The fourth-order valence-corrected chi connectivity index (χ4v) is 1.06. The fourth-order valence-electron chi connectivity index (χ4n) is 1.06. The van der Waals surface area contributed by atoms with E-state index >= 15 is 0 Å². The third kappa shape index (κ3) is 3.98. The zero-order valence-corrected chi connectivity index (χ0v) is 7.55. The number of nitrogens with two attached hydrogens (primary N) is 1. The number of rotatable bonds is 4. The van der Waals surface area contributed by atoms with Crippen molar-refractivity contribution in [2.45, 2.75) is 45.7 Å². The molecular weight excluding hydrogens is 140 g/mol. The third-order valence-corrected chi connectivity index (χ3v) is 1.82. The molecule has 0 aromatic heterocycles. The Bertz CT molecular complexity index is 125. The van der Waals surface area contributed by atoms with Crippen LogP contribution in [0.25, 0.3) is 0 Å². The molecule has 0 heterocycles. The van der Waals surface area contributed by atoms with E-state index in [4.69, 9.17) is 5.73 Å². The molecule has 3 nitrogen and oxygen atoms in total. The van der Waals surface area contributed by atoms with Gasteiger partial charge in [0, 0.05) is 19.0 Å². The van der Waals surface area contributed by atoms with E-state index in [9.17, 15) is 4.79 Å². The van der Waals surface area contributed by atoms with Gasteiger partial charge in [-0.3, -0.25) is 4.79 Å². The molecule has 0 aromatic rings. The molecule has 1 amide bonds. The summed E-state index contributed by atoms with van der Waals surface area (Å²) in [5.41, 5.74) is 5.76. The highest BCUT2D eigenvalue weighted by atomic mass is 16.1. The summed E-state index contributed by atoms with van der Waals surface area (Å²) in [4.78, 5) is 10.7. The molecule has 0 aliphatic rings. The van der Waals surface area contributed by atoms with Crippen molar-refractivity contribution < 1.29 is 4.79 Å². The van der Waals surface area contributed by atoms with Crippen LogP contribution in [0.1, 0.15) is 33.6 Å². The summed E-state index contributed by atoms with van der Waals surface area (Å²) in [5.74, 6) is 0.000694. The monoisotopic (exact) mass is 158 g/mol. The van der Waals surface area contributed by atoms with Crippen molar-refractivity contribution in [3.05, 3.63) is 0 Å². The van der Waals surface area contributed by atoms with Crippen LogP contribution in [0.3, 0.4) is 0 Å². The Morgan fingerprint density at radius 2 is 2.00 bits per heavy atom. The van der Waals surface area contributed by atoms with Gasteiger partial charge in [0.15, 0.2) is 0 Å². The van der Waals surface area contributed by atoms with Gasteiger partial charge in [-0.05, 0) is 12.8 Å². The second-order valence-corrected chi connectivity index (χ2v) is 2.79. The first-order valence-corrected chi connectivity index (χ1v) is 4.14. The van der Waals surface area contributed by atoms with Crippen molar-refractivity contribution in [3.8, 4) is 0 Å². The molecule has 0 saturated heterocycles. The van der Waals surface area contributed by atoms with Crippen LogP contribution in [0.2, 0.25) is 0 Å². The van der Waals surface area contributed by atoms with Crippen LogP contribution in [0.4, 0.5) is 0 Å². The molecular formula is C8H18N2O. The highest BCUT2D eigenvalue weighted by Crippen LogP contribution is 1.99. The van der Waals surface area contributed by atoms with Gasteiger partial charge in [0.2, 0.25) is 5.91 Å². The number of amides is 1. The molecule has 66 valence electrons. The third-order valence-electron chi connectivity index (χ3n) is 1.82. The Morgan fingerprint density at radius 3 is 2.27 bits per heavy atom. The molecule has 0 spiro atoms. The lowest BCUT2D eigenvalue weighted by Crippen LogP contribution is -2.46. The molecule has 0 aromatic carbocycles. The first-order chi connectivity index (χ1) is 5.11. The lowest BCUT2D eigenvalue weighted by atomic mass is 10.0. The van der Waals surface area contributed by atoms with Gasteiger partial charge < -0.3 is 11.1 Å². The van der Waals surface area contributed by atoms with E-state index in [1.54, 1.807) is 0 Å². The van der Waals surface area contributed by atoms with Gasteiger partial charge in [0.25, 0.3) is 0 Å². The molecule has 11 heavy (non-hydrogen) atoms. The van der Waals surface area contributed by atoms with Gasteiger partial charge in [-0.25, -0.2) is 0 Å². The predicted molar refractivity (Wildman–Crippen MR) is 46.2 cm³/mol. The van der Waals surface area contributed by atoms with Crippen molar-refractivity contribution in [2.24, 2.45) is 5.73 Å². The molecule has 0 bridgehead atoms. The van der Waals surface area contributed by atoms with Crippen LogP contribution >= 0.6 is 0 Å². The molecule has 0 fully saturated rings. The zero-order chi connectivity index (χ0) is 8.85. The van der Waals surface area contributed by atoms with Crippen LogP contribution < -0.4 is 11.1 Å². The molecule has 2 atom stereocenters. The molecule has 2 unspecified atom stereocenters. The van der Waals surface area contributed by atoms with Crippen LogP contribution in [0, 0.1) is 0 Å². The van der Waals surface area contributed by atoms with Gasteiger partial charge in [0.05, 0.1) is 0 Å². The standard InChI is InChI=1S/C8H18N2O/c1-4-7(9)8(5-2)10-6(3)11/h7-8H,4-5,9H2,1-3H3,(H,10,11). The molecule has 0 aliphatic carbocycles. The van der Waals surface area contributed by atoms with Crippen molar-refractivity contribution in [2.75, 3.05) is 0 Å². The topological polar surface area (TPSA) is 55.1 Å². The maximum Gasteiger partial charge on any atom is 0.217 e. The van der Waals surface area contributed by atoms with E-state index in [0.29, 0.717) is 0 Å². The molecule has 0 saturated carbocycles. The van der Waals surface area contributed by atoms with Crippen LogP contribution in [0.5, 0.6) is 0 Å². The summed E-state index contributed by atoms with van der Waals surface area (Å²) in [6.07, 6.45) is 1.80. The highest BCUT2D eigenvalue weighted by molar-refractivity contribution is 5.73. The smallest absolute Gasteiger partial charge is 0.217 e. The first-order valence-electron chi connectivity index (χ1n) is 4.14. The Labute approximate surface area is 68.3 Å². The SMILES string of the molecule is CCC(N)C(CC)NC(C)=O. The molecule has 3 N–H and O–H groups in total. The van der Waals surface area contributed by atoms with E-state index in [1.807, 2.05) is 13.8 Å². The summed E-state index contributed by atoms with van der Waals surface area (Å²) >= 11 is 0. The Hall–Kier alpha value is -0.570. The van der Waals surface area contributed by atoms with Crippen LogP contribution in [-0.2, 0) is 4.79 Å². The van der Waals surface area contributed by atoms with Crippen molar-refractivity contribution in [1.82, 2.24) is 5.32 Å². The van der Waals surface area contributed by atoms with Gasteiger partial charge in [-0.1, -0.05) is 13.8 Å². The lowest BCUT2D eigenvalue weighted by molar-refractivity contribution is -0.119. The normalized spacial score (nSPS) is 15.6. The van der Waals surface area contributed by atoms with Gasteiger partial charge in [-0.15, -0.1) is 0 Å². The predicted octanol–water partition coefficient (Wildman–Crippen LogP) is 0.638.